The number of aliphatic hydroxyl groups excluding tert-OH is 1. The Morgan fingerprint density at radius 2 is 2.23 bits per heavy atom. The standard InChI is InChI=1S/C11H23NO/c1-9(8-13)12-7-10-5-4-6-11(10,2)3/h9-10,12-13H,4-8H2,1-3H3. The van der Waals surface area contributed by atoms with Gasteiger partial charge in [-0.15, -0.1) is 0 Å². The van der Waals surface area contributed by atoms with Crippen LogP contribution in [0.15, 0.2) is 0 Å². The molecule has 78 valence electrons. The van der Waals surface area contributed by atoms with Crippen LogP contribution in [-0.4, -0.2) is 24.3 Å². The van der Waals surface area contributed by atoms with Crippen molar-refractivity contribution in [2.75, 3.05) is 13.2 Å². The average molecular weight is 185 g/mol. The Labute approximate surface area is 81.7 Å². The second-order valence-corrected chi connectivity index (χ2v) is 5.07. The molecule has 0 bridgehead atoms. The lowest BCUT2D eigenvalue weighted by molar-refractivity contribution is 0.214. The maximum atomic E-state index is 8.88. The van der Waals surface area contributed by atoms with Gasteiger partial charge in [-0.3, -0.25) is 0 Å². The first kappa shape index (κ1) is 11.0. The molecule has 1 saturated carbocycles. The van der Waals surface area contributed by atoms with Gasteiger partial charge in [-0.2, -0.15) is 0 Å². The van der Waals surface area contributed by atoms with Gasteiger partial charge in [0.25, 0.3) is 0 Å². The highest BCUT2D eigenvalue weighted by molar-refractivity contribution is 4.86. The average Bonchev–Trinajstić information content (AvgIpc) is 2.41. The number of rotatable bonds is 4. The fourth-order valence-electron chi connectivity index (χ4n) is 2.19. The van der Waals surface area contributed by atoms with Crippen LogP contribution in [0.4, 0.5) is 0 Å². The summed E-state index contributed by atoms with van der Waals surface area (Å²) in [7, 11) is 0. The van der Waals surface area contributed by atoms with E-state index in [1.54, 1.807) is 0 Å². The molecular formula is C11H23NO. The fraction of sp³-hybridized carbons (Fsp3) is 1.00. The molecule has 2 N–H and O–H groups in total. The van der Waals surface area contributed by atoms with Crippen molar-refractivity contribution in [3.8, 4) is 0 Å². The van der Waals surface area contributed by atoms with E-state index in [1.807, 2.05) is 6.92 Å². The van der Waals surface area contributed by atoms with E-state index in [0.717, 1.165) is 12.5 Å². The molecule has 2 nitrogen and oxygen atoms in total. The predicted octanol–water partition coefficient (Wildman–Crippen LogP) is 1.78. The van der Waals surface area contributed by atoms with Gasteiger partial charge in [0.2, 0.25) is 0 Å². The summed E-state index contributed by atoms with van der Waals surface area (Å²) in [5.74, 6) is 0.793. The first-order valence-electron chi connectivity index (χ1n) is 5.40. The van der Waals surface area contributed by atoms with Gasteiger partial charge >= 0.3 is 0 Å². The third-order valence-electron chi connectivity index (χ3n) is 3.47. The molecular weight excluding hydrogens is 162 g/mol. The zero-order valence-electron chi connectivity index (χ0n) is 9.14. The highest BCUT2D eigenvalue weighted by Gasteiger charge is 2.33. The molecule has 0 aromatic heterocycles. The van der Waals surface area contributed by atoms with Crippen LogP contribution in [0.25, 0.3) is 0 Å². The van der Waals surface area contributed by atoms with Crippen molar-refractivity contribution in [2.45, 2.75) is 46.1 Å². The molecule has 0 amide bonds. The minimum atomic E-state index is 0.243. The van der Waals surface area contributed by atoms with Crippen molar-refractivity contribution < 1.29 is 5.11 Å². The fourth-order valence-corrected chi connectivity index (χ4v) is 2.19. The molecule has 0 spiro atoms. The summed E-state index contributed by atoms with van der Waals surface area (Å²) in [4.78, 5) is 0. The molecule has 13 heavy (non-hydrogen) atoms. The molecule has 0 aromatic rings. The molecule has 1 fully saturated rings. The number of hydrogen-bond acceptors (Lipinski definition) is 2. The first-order valence-corrected chi connectivity index (χ1v) is 5.40. The first-order chi connectivity index (χ1) is 6.06. The van der Waals surface area contributed by atoms with Crippen molar-refractivity contribution in [3.05, 3.63) is 0 Å². The van der Waals surface area contributed by atoms with Crippen molar-refractivity contribution >= 4 is 0 Å². The predicted molar refractivity (Wildman–Crippen MR) is 55.7 cm³/mol. The molecule has 1 rings (SSSR count). The van der Waals surface area contributed by atoms with Crippen LogP contribution >= 0.6 is 0 Å². The van der Waals surface area contributed by atoms with Gasteiger partial charge in [-0.05, 0) is 37.6 Å². The van der Waals surface area contributed by atoms with Gasteiger partial charge in [-0.1, -0.05) is 20.3 Å². The molecule has 2 unspecified atom stereocenters. The summed E-state index contributed by atoms with van der Waals surface area (Å²) in [6, 6.07) is 0.247. The third-order valence-corrected chi connectivity index (χ3v) is 3.47. The van der Waals surface area contributed by atoms with Crippen molar-refractivity contribution in [2.24, 2.45) is 11.3 Å². The summed E-state index contributed by atoms with van der Waals surface area (Å²) < 4.78 is 0. The largest absolute Gasteiger partial charge is 0.395 e. The molecule has 0 radical (unpaired) electrons. The van der Waals surface area contributed by atoms with E-state index in [0.29, 0.717) is 5.41 Å². The second kappa shape index (κ2) is 4.43. The SMILES string of the molecule is CC(CO)NCC1CCCC1(C)C. The van der Waals surface area contributed by atoms with Crippen LogP contribution < -0.4 is 5.32 Å². The second-order valence-electron chi connectivity index (χ2n) is 5.07. The molecule has 0 heterocycles. The Kier molecular flexibility index (Phi) is 3.74. The number of aliphatic hydroxyl groups is 1. The lowest BCUT2D eigenvalue weighted by Gasteiger charge is -2.28. The van der Waals surface area contributed by atoms with Gasteiger partial charge in [0.15, 0.2) is 0 Å². The smallest absolute Gasteiger partial charge is 0.0581 e. The zero-order chi connectivity index (χ0) is 9.90. The lowest BCUT2D eigenvalue weighted by atomic mass is 9.82. The van der Waals surface area contributed by atoms with Gasteiger partial charge in [0.05, 0.1) is 6.61 Å². The van der Waals surface area contributed by atoms with Crippen molar-refractivity contribution in [1.29, 1.82) is 0 Å². The summed E-state index contributed by atoms with van der Waals surface area (Å²) in [5.41, 5.74) is 0.502. The van der Waals surface area contributed by atoms with E-state index in [-0.39, 0.29) is 12.6 Å². The Morgan fingerprint density at radius 1 is 1.54 bits per heavy atom. The molecule has 1 aliphatic carbocycles. The molecule has 0 aliphatic heterocycles. The van der Waals surface area contributed by atoms with Gasteiger partial charge in [0.1, 0.15) is 0 Å². The van der Waals surface area contributed by atoms with Crippen LogP contribution in [0.5, 0.6) is 0 Å². The Bertz CT molecular complexity index is 156. The monoisotopic (exact) mass is 185 g/mol. The van der Waals surface area contributed by atoms with E-state index < -0.39 is 0 Å². The van der Waals surface area contributed by atoms with E-state index in [9.17, 15) is 0 Å². The summed E-state index contributed by atoms with van der Waals surface area (Å²) in [6.07, 6.45) is 4.07. The van der Waals surface area contributed by atoms with Crippen LogP contribution in [-0.2, 0) is 0 Å². The van der Waals surface area contributed by atoms with E-state index in [2.05, 4.69) is 19.2 Å². The Balaban J connectivity index is 2.28. The highest BCUT2D eigenvalue weighted by Crippen LogP contribution is 2.41. The van der Waals surface area contributed by atoms with Crippen LogP contribution in [0.2, 0.25) is 0 Å². The molecule has 2 heteroatoms. The van der Waals surface area contributed by atoms with Gasteiger partial charge in [0, 0.05) is 6.04 Å². The quantitative estimate of drug-likeness (QED) is 0.700. The summed E-state index contributed by atoms with van der Waals surface area (Å²) in [6.45, 7) is 8.05. The Hall–Kier alpha value is -0.0800. The van der Waals surface area contributed by atoms with Crippen LogP contribution in [0, 0.1) is 11.3 Å². The van der Waals surface area contributed by atoms with E-state index >= 15 is 0 Å². The minimum absolute atomic E-state index is 0.243. The third kappa shape index (κ3) is 2.96. The normalized spacial score (nSPS) is 29.1. The number of nitrogens with one attached hydrogen (secondary N) is 1. The summed E-state index contributed by atoms with van der Waals surface area (Å²) >= 11 is 0. The topological polar surface area (TPSA) is 32.3 Å². The molecule has 2 atom stereocenters. The van der Waals surface area contributed by atoms with Crippen molar-refractivity contribution in [1.82, 2.24) is 5.32 Å². The maximum absolute atomic E-state index is 8.88. The van der Waals surface area contributed by atoms with Crippen LogP contribution in [0.3, 0.4) is 0 Å². The minimum Gasteiger partial charge on any atom is -0.395 e. The lowest BCUT2D eigenvalue weighted by Crippen LogP contribution is -2.36. The molecule has 0 saturated heterocycles. The van der Waals surface area contributed by atoms with Gasteiger partial charge < -0.3 is 10.4 Å². The van der Waals surface area contributed by atoms with E-state index in [1.165, 1.54) is 19.3 Å². The number of hydrogen-bond donors (Lipinski definition) is 2. The van der Waals surface area contributed by atoms with Gasteiger partial charge in [-0.25, -0.2) is 0 Å². The van der Waals surface area contributed by atoms with Crippen molar-refractivity contribution in [3.63, 3.8) is 0 Å². The maximum Gasteiger partial charge on any atom is 0.0581 e. The molecule has 0 aromatic carbocycles. The summed E-state index contributed by atoms with van der Waals surface area (Å²) in [5, 5.41) is 12.3. The zero-order valence-corrected chi connectivity index (χ0v) is 9.14. The van der Waals surface area contributed by atoms with Crippen LogP contribution in [0.1, 0.15) is 40.0 Å². The van der Waals surface area contributed by atoms with E-state index in [4.69, 9.17) is 5.11 Å². The Morgan fingerprint density at radius 3 is 2.69 bits per heavy atom. The molecule has 1 aliphatic rings. The highest BCUT2D eigenvalue weighted by atomic mass is 16.3.